The number of nitrogens with zero attached hydrogens (tertiary/aromatic N) is 3. The monoisotopic (exact) mass is 497 g/mol. The molecule has 2 aromatic carbocycles. The topological polar surface area (TPSA) is 115 Å². The van der Waals surface area contributed by atoms with E-state index in [4.69, 9.17) is 27.9 Å². The highest BCUT2D eigenvalue weighted by Crippen LogP contribution is 2.28. The van der Waals surface area contributed by atoms with Crippen LogP contribution in [0.2, 0.25) is 10.0 Å². The molecule has 0 fully saturated rings. The van der Waals surface area contributed by atoms with Gasteiger partial charge in [0.2, 0.25) is 0 Å². The normalized spacial score (nSPS) is 10.6. The number of amides is 2. The molecule has 0 radical (unpaired) electrons. The molecule has 0 aliphatic heterocycles. The van der Waals surface area contributed by atoms with E-state index < -0.39 is 17.4 Å². The van der Waals surface area contributed by atoms with Crippen LogP contribution in [-0.2, 0) is 11.4 Å². The van der Waals surface area contributed by atoms with Gasteiger partial charge in [0.1, 0.15) is 12.4 Å². The molecule has 0 spiro atoms. The summed E-state index contributed by atoms with van der Waals surface area (Å²) in [5, 5.41) is 3.52. The maximum absolute atomic E-state index is 13.1. The van der Waals surface area contributed by atoms with Gasteiger partial charge in [-0.1, -0.05) is 35.3 Å². The standard InChI is InChI=1S/C23H17Cl2N5O4/c24-15-5-6-19(17(25)11-15)34-13-20-28-18-4-2-1-3-16(18)23(33)30(20)29-21(31)12-27-22(32)14-7-9-26-10-8-14/h1-11H,12-13H2,(H,27,32)(H,29,31). The summed E-state index contributed by atoms with van der Waals surface area (Å²) in [6.45, 7) is -0.547. The van der Waals surface area contributed by atoms with Crippen LogP contribution < -0.4 is 21.0 Å². The first kappa shape index (κ1) is 23.2. The number of halogens is 2. The molecule has 0 bridgehead atoms. The Kier molecular flexibility index (Phi) is 7.05. The molecule has 0 unspecified atom stereocenters. The number of pyridine rings is 1. The number of aromatic nitrogens is 3. The molecule has 2 amide bonds. The molecule has 2 heterocycles. The second-order valence-corrected chi connectivity index (χ2v) is 7.85. The summed E-state index contributed by atoms with van der Waals surface area (Å²) < 4.78 is 6.71. The summed E-state index contributed by atoms with van der Waals surface area (Å²) in [7, 11) is 0. The molecule has 11 heteroatoms. The minimum atomic E-state index is -0.632. The van der Waals surface area contributed by atoms with Gasteiger partial charge in [0.15, 0.2) is 5.82 Å². The van der Waals surface area contributed by atoms with Gasteiger partial charge in [0.05, 0.1) is 22.5 Å². The highest BCUT2D eigenvalue weighted by Gasteiger charge is 2.16. The maximum Gasteiger partial charge on any atom is 0.280 e. The zero-order valence-electron chi connectivity index (χ0n) is 17.5. The van der Waals surface area contributed by atoms with Crippen LogP contribution in [0.25, 0.3) is 10.9 Å². The number of ether oxygens (including phenoxy) is 1. The summed E-state index contributed by atoms with van der Waals surface area (Å²) in [5.74, 6) is -0.630. The number of hydrogen-bond donors (Lipinski definition) is 2. The van der Waals surface area contributed by atoms with Gasteiger partial charge in [-0.3, -0.25) is 24.8 Å². The first-order valence-corrected chi connectivity index (χ1v) is 10.7. The van der Waals surface area contributed by atoms with Crippen molar-refractivity contribution in [3.8, 4) is 5.75 Å². The number of hydrogen-bond acceptors (Lipinski definition) is 6. The van der Waals surface area contributed by atoms with E-state index in [-0.39, 0.29) is 24.0 Å². The van der Waals surface area contributed by atoms with E-state index in [1.165, 1.54) is 30.6 Å². The summed E-state index contributed by atoms with van der Waals surface area (Å²) in [6, 6.07) is 14.5. The van der Waals surface area contributed by atoms with E-state index in [1.807, 2.05) is 0 Å². The lowest BCUT2D eigenvalue weighted by atomic mass is 10.2. The van der Waals surface area contributed by atoms with Gasteiger partial charge in [-0.2, -0.15) is 4.68 Å². The van der Waals surface area contributed by atoms with E-state index in [9.17, 15) is 14.4 Å². The Hall–Kier alpha value is -3.95. The smallest absolute Gasteiger partial charge is 0.280 e. The fourth-order valence-electron chi connectivity index (χ4n) is 3.06. The van der Waals surface area contributed by atoms with Gasteiger partial charge in [-0.05, 0) is 42.5 Å². The molecule has 2 N–H and O–H groups in total. The zero-order valence-corrected chi connectivity index (χ0v) is 19.0. The third kappa shape index (κ3) is 5.33. The number of para-hydroxylation sites is 1. The van der Waals surface area contributed by atoms with Crippen molar-refractivity contribution in [2.75, 3.05) is 12.0 Å². The van der Waals surface area contributed by atoms with Crippen LogP contribution in [0.15, 0.2) is 71.8 Å². The number of rotatable bonds is 7. The van der Waals surface area contributed by atoms with E-state index in [0.717, 1.165) is 4.68 Å². The number of nitrogens with one attached hydrogen (secondary N) is 2. The Morgan fingerprint density at radius 1 is 1.03 bits per heavy atom. The van der Waals surface area contributed by atoms with E-state index >= 15 is 0 Å². The predicted molar refractivity (Wildman–Crippen MR) is 128 cm³/mol. The van der Waals surface area contributed by atoms with Crippen molar-refractivity contribution < 1.29 is 14.3 Å². The molecular weight excluding hydrogens is 481 g/mol. The Morgan fingerprint density at radius 3 is 2.56 bits per heavy atom. The molecule has 2 aromatic heterocycles. The average Bonchev–Trinajstić information content (AvgIpc) is 2.84. The molecule has 0 saturated carbocycles. The van der Waals surface area contributed by atoms with Crippen LogP contribution >= 0.6 is 23.2 Å². The second kappa shape index (κ2) is 10.3. The number of carbonyl (C=O) groups is 2. The summed E-state index contributed by atoms with van der Waals surface area (Å²) in [5.41, 5.74) is 2.76. The summed E-state index contributed by atoms with van der Waals surface area (Å²) >= 11 is 12.1. The lowest BCUT2D eigenvalue weighted by Crippen LogP contribution is -2.41. The Morgan fingerprint density at radius 2 is 1.79 bits per heavy atom. The molecule has 4 aromatic rings. The minimum absolute atomic E-state index is 0.128. The van der Waals surface area contributed by atoms with Crippen LogP contribution in [-0.4, -0.2) is 33.0 Å². The van der Waals surface area contributed by atoms with Crippen molar-refractivity contribution in [1.82, 2.24) is 20.0 Å². The molecule has 9 nitrogen and oxygen atoms in total. The van der Waals surface area contributed by atoms with Crippen molar-refractivity contribution >= 4 is 45.9 Å². The molecule has 0 aliphatic rings. The van der Waals surface area contributed by atoms with Crippen molar-refractivity contribution in [2.24, 2.45) is 0 Å². The van der Waals surface area contributed by atoms with Crippen molar-refractivity contribution in [1.29, 1.82) is 0 Å². The van der Waals surface area contributed by atoms with Crippen molar-refractivity contribution in [2.45, 2.75) is 6.61 Å². The van der Waals surface area contributed by atoms with Gasteiger partial charge in [-0.25, -0.2) is 4.98 Å². The zero-order chi connectivity index (χ0) is 24.1. The average molecular weight is 498 g/mol. The lowest BCUT2D eigenvalue weighted by molar-refractivity contribution is -0.116. The molecular formula is C23H17Cl2N5O4. The van der Waals surface area contributed by atoms with Crippen LogP contribution in [0.5, 0.6) is 5.75 Å². The number of carbonyl (C=O) groups excluding carboxylic acids is 2. The number of benzene rings is 2. The third-order valence-corrected chi connectivity index (χ3v) is 5.21. The second-order valence-electron chi connectivity index (χ2n) is 7.00. The largest absolute Gasteiger partial charge is 0.484 e. The lowest BCUT2D eigenvalue weighted by Gasteiger charge is -2.16. The van der Waals surface area contributed by atoms with Gasteiger partial charge < -0.3 is 10.1 Å². The molecule has 4 rings (SSSR count). The summed E-state index contributed by atoms with van der Waals surface area (Å²) in [6.07, 6.45) is 2.93. The van der Waals surface area contributed by atoms with Gasteiger partial charge >= 0.3 is 0 Å². The SMILES string of the molecule is O=C(CNC(=O)c1ccncc1)Nn1c(COc2ccc(Cl)cc2Cl)nc2ccccc2c1=O. The Balaban J connectivity index is 1.56. The van der Waals surface area contributed by atoms with Gasteiger partial charge in [0, 0.05) is 23.0 Å². The van der Waals surface area contributed by atoms with Crippen LogP contribution in [0.4, 0.5) is 0 Å². The Labute approximate surface area is 203 Å². The van der Waals surface area contributed by atoms with Crippen LogP contribution in [0.1, 0.15) is 16.2 Å². The molecule has 0 saturated heterocycles. The Bertz CT molecular complexity index is 1430. The minimum Gasteiger partial charge on any atom is -0.484 e. The highest BCUT2D eigenvalue weighted by atomic mass is 35.5. The maximum atomic E-state index is 13.1. The molecule has 34 heavy (non-hydrogen) atoms. The van der Waals surface area contributed by atoms with Gasteiger partial charge in [0.25, 0.3) is 17.4 Å². The predicted octanol–water partition coefficient (Wildman–Crippen LogP) is 3.18. The first-order valence-electron chi connectivity index (χ1n) is 9.99. The summed E-state index contributed by atoms with van der Waals surface area (Å²) in [4.78, 5) is 46.1. The first-order chi connectivity index (χ1) is 16.4. The fraction of sp³-hybridized carbons (Fsp3) is 0.0870. The highest BCUT2D eigenvalue weighted by molar-refractivity contribution is 6.35. The van der Waals surface area contributed by atoms with E-state index in [2.05, 4.69) is 20.7 Å². The van der Waals surface area contributed by atoms with Crippen molar-refractivity contribution in [3.05, 3.63) is 98.8 Å². The van der Waals surface area contributed by atoms with Gasteiger partial charge in [-0.15, -0.1) is 0 Å². The van der Waals surface area contributed by atoms with E-state index in [1.54, 1.807) is 36.4 Å². The number of fused-ring (bicyclic) bond motifs is 1. The van der Waals surface area contributed by atoms with Crippen LogP contribution in [0, 0.1) is 0 Å². The molecule has 0 aliphatic carbocycles. The quantitative estimate of drug-likeness (QED) is 0.405. The molecule has 0 atom stereocenters. The van der Waals surface area contributed by atoms with E-state index in [0.29, 0.717) is 27.2 Å². The third-order valence-electron chi connectivity index (χ3n) is 4.68. The fourth-order valence-corrected chi connectivity index (χ4v) is 3.52. The molecule has 172 valence electrons. The van der Waals surface area contributed by atoms with Crippen molar-refractivity contribution in [3.63, 3.8) is 0 Å². The van der Waals surface area contributed by atoms with Crippen LogP contribution in [0.3, 0.4) is 0 Å².